The van der Waals surface area contributed by atoms with Crippen LogP contribution in [0.4, 0.5) is 26.3 Å². The Morgan fingerprint density at radius 2 is 1.77 bits per heavy atom. The lowest BCUT2D eigenvalue weighted by Crippen LogP contribution is -2.35. The standard InChI is InChI=1S/C32H29F6N3O2S/c1-18-21(15-22-23(32(36,37)38)8-5-9-24(22)33)31-41(30(42)28(18)20-7-4-11-27(43-3)29(20)35)19(17-44-31)16-40(2)14-12-26-25(34)10-6-13-39-26/h4-11,13,19H,12,14-17H2,1-3H3. The van der Waals surface area contributed by atoms with E-state index in [1.807, 2.05) is 4.90 Å². The van der Waals surface area contributed by atoms with Crippen molar-refractivity contribution in [3.8, 4) is 16.9 Å². The zero-order chi connectivity index (χ0) is 31.8. The van der Waals surface area contributed by atoms with E-state index in [-0.39, 0.29) is 22.4 Å². The SMILES string of the molecule is COc1cccc(-c2c(C)c(Cc3c(F)cccc3C(F)(F)F)c3n(c2=O)C(CN(C)CCc2ncccc2F)CS3)c1F. The molecule has 4 aromatic rings. The highest BCUT2D eigenvalue weighted by molar-refractivity contribution is 7.99. The molecule has 0 saturated carbocycles. The van der Waals surface area contributed by atoms with Gasteiger partial charge in [-0.1, -0.05) is 18.2 Å². The van der Waals surface area contributed by atoms with Crippen molar-refractivity contribution in [2.45, 2.75) is 37.0 Å². The minimum absolute atomic E-state index is 0.0317. The van der Waals surface area contributed by atoms with Gasteiger partial charge in [0, 0.05) is 49.0 Å². The number of benzene rings is 2. The summed E-state index contributed by atoms with van der Waals surface area (Å²) in [7, 11) is 3.09. The number of hydrogen-bond acceptors (Lipinski definition) is 5. The average Bonchev–Trinajstić information content (AvgIpc) is 3.39. The number of alkyl halides is 3. The maximum atomic E-state index is 15.6. The van der Waals surface area contributed by atoms with Crippen LogP contribution in [0.5, 0.6) is 5.75 Å². The fourth-order valence-electron chi connectivity index (χ4n) is 5.62. The van der Waals surface area contributed by atoms with E-state index >= 15 is 8.78 Å². The van der Waals surface area contributed by atoms with Crippen molar-refractivity contribution in [3.63, 3.8) is 0 Å². The van der Waals surface area contributed by atoms with E-state index in [0.717, 1.165) is 18.2 Å². The number of pyridine rings is 2. The van der Waals surface area contributed by atoms with Crippen molar-refractivity contribution < 1.29 is 31.1 Å². The minimum atomic E-state index is -4.81. The quantitative estimate of drug-likeness (QED) is 0.185. The van der Waals surface area contributed by atoms with Crippen LogP contribution in [0.1, 0.15) is 34.0 Å². The third-order valence-electron chi connectivity index (χ3n) is 7.83. The van der Waals surface area contributed by atoms with Gasteiger partial charge >= 0.3 is 6.18 Å². The smallest absolute Gasteiger partial charge is 0.416 e. The van der Waals surface area contributed by atoms with Gasteiger partial charge in [0.1, 0.15) is 11.6 Å². The maximum absolute atomic E-state index is 15.6. The molecule has 2 aromatic carbocycles. The first-order chi connectivity index (χ1) is 20.9. The predicted octanol–water partition coefficient (Wildman–Crippen LogP) is 7.08. The third-order valence-corrected chi connectivity index (χ3v) is 9.10. The van der Waals surface area contributed by atoms with Crippen LogP contribution in [0.15, 0.2) is 64.5 Å². The van der Waals surface area contributed by atoms with E-state index in [9.17, 15) is 22.4 Å². The fourth-order valence-corrected chi connectivity index (χ4v) is 7.00. The van der Waals surface area contributed by atoms with Gasteiger partial charge in [-0.15, -0.1) is 11.8 Å². The molecule has 0 aliphatic carbocycles. The number of thioether (sulfide) groups is 1. The number of ether oxygens (including phenoxy) is 1. The summed E-state index contributed by atoms with van der Waals surface area (Å²) in [5.74, 6) is -1.94. The molecule has 0 amide bonds. The number of halogens is 6. The third kappa shape index (κ3) is 6.10. The first kappa shape index (κ1) is 31.6. The van der Waals surface area contributed by atoms with E-state index < -0.39 is 52.8 Å². The first-order valence-electron chi connectivity index (χ1n) is 13.8. The van der Waals surface area contributed by atoms with Gasteiger partial charge in [0.05, 0.1) is 35.0 Å². The molecule has 1 atom stereocenters. The van der Waals surface area contributed by atoms with Crippen LogP contribution in [0.2, 0.25) is 0 Å². The number of methoxy groups -OCH3 is 1. The highest BCUT2D eigenvalue weighted by atomic mass is 32.2. The Bertz CT molecular complexity index is 1760. The molecular formula is C32H29F6N3O2S. The number of hydrogen-bond donors (Lipinski definition) is 0. The van der Waals surface area contributed by atoms with Crippen molar-refractivity contribution >= 4 is 11.8 Å². The lowest BCUT2D eigenvalue weighted by atomic mass is 9.92. The maximum Gasteiger partial charge on any atom is 0.416 e. The Balaban J connectivity index is 1.62. The van der Waals surface area contributed by atoms with Crippen molar-refractivity contribution in [1.82, 2.24) is 14.5 Å². The normalized spacial score (nSPS) is 14.7. The summed E-state index contributed by atoms with van der Waals surface area (Å²) >= 11 is 1.29. The molecule has 0 bridgehead atoms. The Morgan fingerprint density at radius 1 is 1.05 bits per heavy atom. The number of nitrogens with zero attached hydrogens (tertiary/aromatic N) is 3. The lowest BCUT2D eigenvalue weighted by Gasteiger charge is -2.25. The van der Waals surface area contributed by atoms with Crippen LogP contribution >= 0.6 is 11.8 Å². The monoisotopic (exact) mass is 633 g/mol. The van der Waals surface area contributed by atoms with Gasteiger partial charge in [0.15, 0.2) is 11.6 Å². The molecule has 12 heteroatoms. The molecule has 44 heavy (non-hydrogen) atoms. The van der Waals surface area contributed by atoms with E-state index in [1.165, 1.54) is 60.0 Å². The van der Waals surface area contributed by atoms with Crippen LogP contribution < -0.4 is 10.3 Å². The van der Waals surface area contributed by atoms with Crippen molar-refractivity contribution in [2.24, 2.45) is 0 Å². The highest BCUT2D eigenvalue weighted by Crippen LogP contribution is 2.42. The molecule has 0 fully saturated rings. The van der Waals surface area contributed by atoms with Crippen molar-refractivity contribution in [2.75, 3.05) is 33.0 Å². The number of fused-ring (bicyclic) bond motifs is 1. The molecular weight excluding hydrogens is 604 g/mol. The summed E-state index contributed by atoms with van der Waals surface area (Å²) < 4.78 is 93.2. The fraction of sp³-hybridized carbons (Fsp3) is 0.312. The Morgan fingerprint density at radius 3 is 2.48 bits per heavy atom. The highest BCUT2D eigenvalue weighted by Gasteiger charge is 2.37. The summed E-state index contributed by atoms with van der Waals surface area (Å²) in [5, 5.41) is 0.408. The molecule has 2 aromatic heterocycles. The second-order valence-electron chi connectivity index (χ2n) is 10.6. The van der Waals surface area contributed by atoms with Gasteiger partial charge in [-0.2, -0.15) is 13.2 Å². The van der Waals surface area contributed by atoms with Crippen molar-refractivity contribution in [3.05, 3.63) is 110 Å². The summed E-state index contributed by atoms with van der Waals surface area (Å²) in [6, 6.07) is 9.49. The zero-order valence-electron chi connectivity index (χ0n) is 24.1. The molecule has 1 aliphatic heterocycles. The number of likely N-dealkylation sites (N-methyl/N-ethyl adjacent to an activating group) is 1. The van der Waals surface area contributed by atoms with Gasteiger partial charge < -0.3 is 9.64 Å². The molecule has 0 saturated heterocycles. The van der Waals surface area contributed by atoms with Crippen LogP contribution in [0.3, 0.4) is 0 Å². The summed E-state index contributed by atoms with van der Waals surface area (Å²) in [5.41, 5.74) is -1.41. The van der Waals surface area contributed by atoms with Gasteiger partial charge in [-0.25, -0.2) is 13.2 Å². The second-order valence-corrected chi connectivity index (χ2v) is 11.6. The van der Waals surface area contributed by atoms with Crippen LogP contribution in [0, 0.1) is 24.4 Å². The second kappa shape index (κ2) is 12.7. The van der Waals surface area contributed by atoms with E-state index in [2.05, 4.69) is 4.98 Å². The largest absolute Gasteiger partial charge is 0.494 e. The molecule has 0 N–H and O–H groups in total. The average molecular weight is 634 g/mol. The van der Waals surface area contributed by atoms with Crippen molar-refractivity contribution in [1.29, 1.82) is 0 Å². The summed E-state index contributed by atoms with van der Waals surface area (Å²) in [6.45, 7) is 2.30. The molecule has 0 radical (unpaired) electrons. The van der Waals surface area contributed by atoms with Gasteiger partial charge in [-0.05, 0) is 55.4 Å². The lowest BCUT2D eigenvalue weighted by molar-refractivity contribution is -0.138. The molecule has 5 rings (SSSR count). The number of aromatic nitrogens is 2. The zero-order valence-corrected chi connectivity index (χ0v) is 25.0. The molecule has 1 unspecified atom stereocenters. The summed E-state index contributed by atoms with van der Waals surface area (Å²) in [6.07, 6.45) is -3.45. The molecule has 0 spiro atoms. The summed E-state index contributed by atoms with van der Waals surface area (Å²) in [4.78, 5) is 20.1. The van der Waals surface area contributed by atoms with Crippen LogP contribution in [0.25, 0.3) is 11.1 Å². The topological polar surface area (TPSA) is 47.4 Å². The Hall–Kier alpha value is -3.77. The molecule has 3 heterocycles. The van der Waals surface area contributed by atoms with E-state index in [0.29, 0.717) is 41.5 Å². The van der Waals surface area contributed by atoms with Crippen LogP contribution in [-0.4, -0.2) is 47.5 Å². The van der Waals surface area contributed by atoms with Crippen LogP contribution in [-0.2, 0) is 19.0 Å². The van der Waals surface area contributed by atoms with Gasteiger partial charge in [0.25, 0.3) is 5.56 Å². The van der Waals surface area contributed by atoms with E-state index in [1.54, 1.807) is 14.0 Å². The molecule has 232 valence electrons. The minimum Gasteiger partial charge on any atom is -0.494 e. The number of rotatable bonds is 9. The van der Waals surface area contributed by atoms with Gasteiger partial charge in [-0.3, -0.25) is 14.3 Å². The molecule has 1 aliphatic rings. The molecule has 5 nitrogen and oxygen atoms in total. The Kier molecular flexibility index (Phi) is 9.12. The first-order valence-corrected chi connectivity index (χ1v) is 14.8. The predicted molar refractivity (Wildman–Crippen MR) is 157 cm³/mol. The van der Waals surface area contributed by atoms with E-state index in [4.69, 9.17) is 4.74 Å². The van der Waals surface area contributed by atoms with Gasteiger partial charge in [0.2, 0.25) is 0 Å². The Labute approximate surface area is 254 Å².